The van der Waals surface area contributed by atoms with E-state index >= 15 is 0 Å². The number of piperidine rings is 1. The van der Waals surface area contributed by atoms with Crippen LogP contribution in [0.5, 0.6) is 0 Å². The lowest BCUT2D eigenvalue weighted by Crippen LogP contribution is -2.30. The van der Waals surface area contributed by atoms with Crippen LogP contribution in [0.15, 0.2) is 18.2 Å². The highest BCUT2D eigenvalue weighted by molar-refractivity contribution is 5.48. The fourth-order valence-corrected chi connectivity index (χ4v) is 1.87. The maximum Gasteiger partial charge on any atom is 0.182 e. The minimum absolute atomic E-state index is 0.407. The highest BCUT2D eigenvalue weighted by Gasteiger charge is 2.16. The number of rotatable bonds is 1. The van der Waals surface area contributed by atoms with E-state index < -0.39 is 11.6 Å². The number of nitrogens with zero attached hydrogens (tertiary/aromatic N) is 1. The van der Waals surface area contributed by atoms with Crippen LogP contribution in [0.2, 0.25) is 0 Å². The number of anilines is 1. The second kappa shape index (κ2) is 3.95. The minimum Gasteiger partial charge on any atom is -0.369 e. The van der Waals surface area contributed by atoms with Gasteiger partial charge in [-0.2, -0.15) is 0 Å². The smallest absolute Gasteiger partial charge is 0.182 e. The van der Waals surface area contributed by atoms with Crippen LogP contribution in [0.4, 0.5) is 14.5 Å². The first-order valence-corrected chi connectivity index (χ1v) is 4.98. The molecule has 76 valence electrons. The Kier molecular flexibility index (Phi) is 2.66. The fourth-order valence-electron chi connectivity index (χ4n) is 1.87. The summed E-state index contributed by atoms with van der Waals surface area (Å²) in [6.45, 7) is 1.67. The van der Waals surface area contributed by atoms with Crippen LogP contribution >= 0.6 is 0 Å². The van der Waals surface area contributed by atoms with Gasteiger partial charge in [-0.3, -0.25) is 0 Å². The van der Waals surface area contributed by atoms with Gasteiger partial charge >= 0.3 is 0 Å². The maximum absolute atomic E-state index is 13.4. The molecule has 2 rings (SSSR count). The molecule has 0 radical (unpaired) electrons. The molecule has 1 heterocycles. The molecular weight excluding hydrogens is 184 g/mol. The summed E-state index contributed by atoms with van der Waals surface area (Å²) >= 11 is 0. The number of halogens is 2. The molecule has 0 N–H and O–H groups in total. The quantitative estimate of drug-likeness (QED) is 0.669. The van der Waals surface area contributed by atoms with Crippen molar-refractivity contribution in [1.29, 1.82) is 0 Å². The van der Waals surface area contributed by atoms with E-state index in [4.69, 9.17) is 0 Å². The molecule has 1 aliphatic heterocycles. The molecule has 14 heavy (non-hydrogen) atoms. The summed E-state index contributed by atoms with van der Waals surface area (Å²) in [5, 5.41) is 0. The summed E-state index contributed by atoms with van der Waals surface area (Å²) in [5.74, 6) is -1.47. The van der Waals surface area contributed by atoms with Crippen molar-refractivity contribution in [1.82, 2.24) is 0 Å². The van der Waals surface area contributed by atoms with Crippen molar-refractivity contribution in [2.24, 2.45) is 0 Å². The molecule has 3 heteroatoms. The van der Waals surface area contributed by atoms with Gasteiger partial charge in [0, 0.05) is 13.1 Å². The van der Waals surface area contributed by atoms with Crippen LogP contribution in [0, 0.1) is 11.6 Å². The van der Waals surface area contributed by atoms with Gasteiger partial charge in [-0.15, -0.1) is 0 Å². The Bertz CT molecular complexity index is 319. The van der Waals surface area contributed by atoms with Crippen LogP contribution in [-0.4, -0.2) is 13.1 Å². The number of benzene rings is 1. The minimum atomic E-state index is -0.756. The fraction of sp³-hybridized carbons (Fsp3) is 0.455. The summed E-state index contributed by atoms with van der Waals surface area (Å²) in [6, 6.07) is 4.36. The third kappa shape index (κ3) is 1.72. The van der Waals surface area contributed by atoms with Crippen molar-refractivity contribution in [3.05, 3.63) is 29.8 Å². The predicted molar refractivity (Wildman–Crippen MR) is 52.4 cm³/mol. The van der Waals surface area contributed by atoms with Gasteiger partial charge in [0.1, 0.15) is 0 Å². The van der Waals surface area contributed by atoms with Crippen molar-refractivity contribution < 1.29 is 8.78 Å². The largest absolute Gasteiger partial charge is 0.369 e. The molecule has 0 saturated carbocycles. The molecule has 1 aromatic rings. The lowest BCUT2D eigenvalue weighted by atomic mass is 10.1. The summed E-state index contributed by atoms with van der Waals surface area (Å²) < 4.78 is 26.3. The Balaban J connectivity index is 2.26. The zero-order chi connectivity index (χ0) is 9.97. The lowest BCUT2D eigenvalue weighted by Gasteiger charge is -2.29. The third-order valence-corrected chi connectivity index (χ3v) is 2.63. The monoisotopic (exact) mass is 197 g/mol. The van der Waals surface area contributed by atoms with Crippen molar-refractivity contribution in [2.45, 2.75) is 19.3 Å². The van der Waals surface area contributed by atoms with Crippen LogP contribution in [0.1, 0.15) is 19.3 Å². The average molecular weight is 197 g/mol. The van der Waals surface area contributed by atoms with Gasteiger partial charge in [0.25, 0.3) is 0 Å². The SMILES string of the molecule is Fc1cccc(N2CCCCC2)c1F. The molecule has 0 bridgehead atoms. The Morgan fingerprint density at radius 1 is 1.00 bits per heavy atom. The van der Waals surface area contributed by atoms with Crippen molar-refractivity contribution in [3.8, 4) is 0 Å². The molecule has 1 fully saturated rings. The highest BCUT2D eigenvalue weighted by Crippen LogP contribution is 2.24. The molecule has 0 spiro atoms. The molecule has 0 unspecified atom stereocenters. The van der Waals surface area contributed by atoms with Crippen molar-refractivity contribution in [3.63, 3.8) is 0 Å². The van der Waals surface area contributed by atoms with Crippen LogP contribution in [0.25, 0.3) is 0 Å². The van der Waals surface area contributed by atoms with Gasteiger partial charge in [-0.05, 0) is 31.4 Å². The zero-order valence-electron chi connectivity index (χ0n) is 7.97. The maximum atomic E-state index is 13.4. The summed E-state index contributed by atoms with van der Waals surface area (Å²) in [4.78, 5) is 1.92. The second-order valence-corrected chi connectivity index (χ2v) is 3.62. The zero-order valence-corrected chi connectivity index (χ0v) is 7.97. The summed E-state index contributed by atoms with van der Waals surface area (Å²) in [6.07, 6.45) is 3.32. The summed E-state index contributed by atoms with van der Waals surface area (Å²) in [7, 11) is 0. The molecule has 0 aromatic heterocycles. The molecule has 1 aliphatic rings. The highest BCUT2D eigenvalue weighted by atomic mass is 19.2. The lowest BCUT2D eigenvalue weighted by molar-refractivity contribution is 0.497. The molecular formula is C11H13F2N. The Labute approximate surface area is 82.3 Å². The Morgan fingerprint density at radius 2 is 1.71 bits per heavy atom. The number of hydrogen-bond acceptors (Lipinski definition) is 1. The normalized spacial score (nSPS) is 17.1. The van der Waals surface area contributed by atoms with E-state index in [1.54, 1.807) is 12.1 Å². The van der Waals surface area contributed by atoms with E-state index in [0.29, 0.717) is 5.69 Å². The van der Waals surface area contributed by atoms with E-state index in [9.17, 15) is 8.78 Å². The second-order valence-electron chi connectivity index (χ2n) is 3.62. The van der Waals surface area contributed by atoms with E-state index in [-0.39, 0.29) is 0 Å². The van der Waals surface area contributed by atoms with E-state index in [1.165, 1.54) is 6.42 Å². The summed E-state index contributed by atoms with van der Waals surface area (Å²) in [5.41, 5.74) is 0.407. The van der Waals surface area contributed by atoms with E-state index in [2.05, 4.69) is 0 Å². The molecule has 0 aliphatic carbocycles. The molecule has 0 amide bonds. The van der Waals surface area contributed by atoms with Gasteiger partial charge in [0.15, 0.2) is 11.6 Å². The first-order chi connectivity index (χ1) is 6.79. The molecule has 1 saturated heterocycles. The van der Waals surface area contributed by atoms with Gasteiger partial charge in [-0.25, -0.2) is 8.78 Å². The van der Waals surface area contributed by atoms with E-state index in [0.717, 1.165) is 32.0 Å². The molecule has 1 nitrogen and oxygen atoms in total. The molecule has 1 aromatic carbocycles. The van der Waals surface area contributed by atoms with Crippen molar-refractivity contribution in [2.75, 3.05) is 18.0 Å². The van der Waals surface area contributed by atoms with Crippen LogP contribution in [0.3, 0.4) is 0 Å². The Morgan fingerprint density at radius 3 is 2.43 bits per heavy atom. The van der Waals surface area contributed by atoms with Crippen LogP contribution in [-0.2, 0) is 0 Å². The topological polar surface area (TPSA) is 3.24 Å². The van der Waals surface area contributed by atoms with Gasteiger partial charge in [-0.1, -0.05) is 6.07 Å². The third-order valence-electron chi connectivity index (χ3n) is 2.63. The number of hydrogen-bond donors (Lipinski definition) is 0. The van der Waals surface area contributed by atoms with E-state index in [1.807, 2.05) is 4.90 Å². The van der Waals surface area contributed by atoms with Gasteiger partial charge in [0.2, 0.25) is 0 Å². The first-order valence-electron chi connectivity index (χ1n) is 4.98. The first kappa shape index (κ1) is 9.44. The standard InChI is InChI=1S/C11H13F2N/c12-9-5-4-6-10(11(9)13)14-7-2-1-3-8-14/h4-6H,1-3,7-8H2. The van der Waals surface area contributed by atoms with Crippen molar-refractivity contribution >= 4 is 5.69 Å². The van der Waals surface area contributed by atoms with Gasteiger partial charge < -0.3 is 4.90 Å². The predicted octanol–water partition coefficient (Wildman–Crippen LogP) is 2.96. The van der Waals surface area contributed by atoms with Gasteiger partial charge in [0.05, 0.1) is 5.69 Å². The van der Waals surface area contributed by atoms with Crippen LogP contribution < -0.4 is 4.90 Å². The Hall–Kier alpha value is -1.12. The molecule has 0 atom stereocenters. The average Bonchev–Trinajstić information content (AvgIpc) is 2.23.